The van der Waals surface area contributed by atoms with E-state index in [2.05, 4.69) is 10.1 Å². The average molecular weight is 239 g/mol. The lowest BCUT2D eigenvalue weighted by Gasteiger charge is -2.12. The third-order valence-electron chi connectivity index (χ3n) is 2.34. The first kappa shape index (κ1) is 13.2. The topological polar surface area (TPSA) is 55.4 Å². The number of nitrogens with one attached hydrogen (secondary N) is 1. The minimum Gasteiger partial charge on any atom is -0.467 e. The van der Waals surface area contributed by atoms with Crippen molar-refractivity contribution in [1.82, 2.24) is 5.32 Å². The number of halogens is 1. The minimum absolute atomic E-state index is 0.335. The molecule has 0 saturated heterocycles. The number of carbonyl (C=O) groups excluding carboxylic acids is 2. The normalized spacial score (nSPS) is 11.8. The van der Waals surface area contributed by atoms with Crippen molar-refractivity contribution in [1.29, 1.82) is 0 Å². The summed E-state index contributed by atoms with van der Waals surface area (Å²) in [6.07, 6.45) is 0. The van der Waals surface area contributed by atoms with Gasteiger partial charge in [0, 0.05) is 5.56 Å². The molecule has 1 aromatic carbocycles. The van der Waals surface area contributed by atoms with Gasteiger partial charge in [-0.05, 0) is 37.6 Å². The Labute approximate surface area is 98.8 Å². The summed E-state index contributed by atoms with van der Waals surface area (Å²) in [6.45, 7) is 3.14. The van der Waals surface area contributed by atoms with Gasteiger partial charge in [-0.25, -0.2) is 9.18 Å². The number of aryl methyl sites for hydroxylation is 1. The molecule has 0 radical (unpaired) electrons. The third-order valence-corrected chi connectivity index (χ3v) is 2.34. The maximum Gasteiger partial charge on any atom is 0.328 e. The van der Waals surface area contributed by atoms with E-state index < -0.39 is 23.7 Å². The van der Waals surface area contributed by atoms with E-state index in [-0.39, 0.29) is 0 Å². The quantitative estimate of drug-likeness (QED) is 0.812. The number of amides is 1. The van der Waals surface area contributed by atoms with Gasteiger partial charge in [0.1, 0.15) is 11.9 Å². The van der Waals surface area contributed by atoms with Crippen LogP contribution in [-0.2, 0) is 9.53 Å². The summed E-state index contributed by atoms with van der Waals surface area (Å²) in [7, 11) is 1.24. The Hall–Kier alpha value is -1.91. The molecular weight excluding hydrogens is 225 g/mol. The molecule has 0 aliphatic heterocycles. The highest BCUT2D eigenvalue weighted by Gasteiger charge is 2.17. The zero-order chi connectivity index (χ0) is 13.0. The first-order chi connectivity index (χ1) is 7.95. The standard InChI is InChI=1S/C12H14FNO3/c1-7-6-9(13)4-5-10(7)11(15)14-8(2)12(16)17-3/h4-6,8H,1-3H3,(H,14,15)/t8-/m0/s1. The highest BCUT2D eigenvalue weighted by molar-refractivity contribution is 5.97. The van der Waals surface area contributed by atoms with Gasteiger partial charge in [-0.3, -0.25) is 4.79 Å². The molecular formula is C12H14FNO3. The fourth-order valence-electron chi connectivity index (χ4n) is 1.39. The summed E-state index contributed by atoms with van der Waals surface area (Å²) in [4.78, 5) is 22.9. The van der Waals surface area contributed by atoms with E-state index in [0.29, 0.717) is 11.1 Å². The van der Waals surface area contributed by atoms with Gasteiger partial charge >= 0.3 is 5.97 Å². The zero-order valence-electron chi connectivity index (χ0n) is 9.91. The van der Waals surface area contributed by atoms with Crippen LogP contribution in [0.1, 0.15) is 22.8 Å². The summed E-state index contributed by atoms with van der Waals surface area (Å²) < 4.78 is 17.3. The second-order valence-electron chi connectivity index (χ2n) is 3.68. The summed E-state index contributed by atoms with van der Waals surface area (Å²) in [5.41, 5.74) is 0.849. The molecule has 0 spiro atoms. The van der Waals surface area contributed by atoms with Crippen LogP contribution in [0.5, 0.6) is 0 Å². The number of methoxy groups -OCH3 is 1. The maximum atomic E-state index is 12.9. The molecule has 0 aliphatic rings. The first-order valence-corrected chi connectivity index (χ1v) is 5.10. The number of ether oxygens (including phenoxy) is 1. The molecule has 1 N–H and O–H groups in total. The molecule has 0 fully saturated rings. The van der Waals surface area contributed by atoms with Crippen molar-refractivity contribution in [2.75, 3.05) is 7.11 Å². The van der Waals surface area contributed by atoms with Crippen molar-refractivity contribution in [3.8, 4) is 0 Å². The lowest BCUT2D eigenvalue weighted by Crippen LogP contribution is -2.39. The van der Waals surface area contributed by atoms with Crippen LogP contribution in [0.4, 0.5) is 4.39 Å². The lowest BCUT2D eigenvalue weighted by molar-refractivity contribution is -0.142. The molecule has 1 rings (SSSR count). The number of carbonyl (C=O) groups is 2. The number of hydrogen-bond acceptors (Lipinski definition) is 3. The van der Waals surface area contributed by atoms with Crippen LogP contribution in [0.3, 0.4) is 0 Å². The largest absolute Gasteiger partial charge is 0.467 e. The number of esters is 1. The Morgan fingerprint density at radius 2 is 2.06 bits per heavy atom. The highest BCUT2D eigenvalue weighted by atomic mass is 19.1. The van der Waals surface area contributed by atoms with E-state index >= 15 is 0 Å². The maximum absolute atomic E-state index is 12.9. The molecule has 4 nitrogen and oxygen atoms in total. The Kier molecular flexibility index (Phi) is 4.20. The van der Waals surface area contributed by atoms with Gasteiger partial charge in [0.15, 0.2) is 0 Å². The van der Waals surface area contributed by atoms with Crippen molar-refractivity contribution >= 4 is 11.9 Å². The van der Waals surface area contributed by atoms with E-state index in [9.17, 15) is 14.0 Å². The van der Waals surface area contributed by atoms with E-state index in [1.54, 1.807) is 6.92 Å². The molecule has 0 aliphatic carbocycles. The van der Waals surface area contributed by atoms with Gasteiger partial charge in [0.25, 0.3) is 5.91 Å². The summed E-state index contributed by atoms with van der Waals surface area (Å²) in [6, 6.07) is 3.10. The zero-order valence-corrected chi connectivity index (χ0v) is 9.91. The third kappa shape index (κ3) is 3.27. The molecule has 17 heavy (non-hydrogen) atoms. The molecule has 0 saturated carbocycles. The molecule has 0 unspecified atom stereocenters. The molecule has 1 atom stereocenters. The fraction of sp³-hybridized carbons (Fsp3) is 0.333. The second-order valence-corrected chi connectivity index (χ2v) is 3.68. The fourth-order valence-corrected chi connectivity index (χ4v) is 1.39. The Bertz CT molecular complexity index is 445. The number of hydrogen-bond donors (Lipinski definition) is 1. The molecule has 92 valence electrons. The van der Waals surface area contributed by atoms with Gasteiger partial charge in [-0.2, -0.15) is 0 Å². The smallest absolute Gasteiger partial charge is 0.328 e. The molecule has 0 heterocycles. The molecule has 1 amide bonds. The van der Waals surface area contributed by atoms with Crippen molar-refractivity contribution < 1.29 is 18.7 Å². The van der Waals surface area contributed by atoms with Gasteiger partial charge in [0.2, 0.25) is 0 Å². The average Bonchev–Trinajstić information content (AvgIpc) is 2.27. The summed E-state index contributed by atoms with van der Waals surface area (Å²) >= 11 is 0. The lowest BCUT2D eigenvalue weighted by atomic mass is 10.1. The van der Waals surface area contributed by atoms with Crippen LogP contribution in [0.25, 0.3) is 0 Å². The minimum atomic E-state index is -0.739. The molecule has 0 bridgehead atoms. The van der Waals surface area contributed by atoms with Gasteiger partial charge < -0.3 is 10.1 Å². The number of rotatable bonds is 3. The van der Waals surface area contributed by atoms with Crippen LogP contribution in [0, 0.1) is 12.7 Å². The first-order valence-electron chi connectivity index (χ1n) is 5.10. The van der Waals surface area contributed by atoms with Crippen LogP contribution in [0.15, 0.2) is 18.2 Å². The van der Waals surface area contributed by atoms with Crippen molar-refractivity contribution in [3.05, 3.63) is 35.1 Å². The van der Waals surface area contributed by atoms with Gasteiger partial charge in [0.05, 0.1) is 7.11 Å². The predicted molar refractivity (Wildman–Crippen MR) is 60.1 cm³/mol. The van der Waals surface area contributed by atoms with Gasteiger partial charge in [-0.1, -0.05) is 0 Å². The number of benzene rings is 1. The predicted octanol–water partition coefficient (Wildman–Crippen LogP) is 1.43. The van der Waals surface area contributed by atoms with Crippen LogP contribution in [0.2, 0.25) is 0 Å². The molecule has 1 aromatic rings. The Morgan fingerprint density at radius 3 is 2.59 bits per heavy atom. The Balaban J connectivity index is 2.80. The van der Waals surface area contributed by atoms with Gasteiger partial charge in [-0.15, -0.1) is 0 Å². The van der Waals surface area contributed by atoms with E-state index in [4.69, 9.17) is 0 Å². The van der Waals surface area contributed by atoms with E-state index in [1.165, 1.54) is 32.2 Å². The SMILES string of the molecule is COC(=O)[C@H](C)NC(=O)c1ccc(F)cc1C. The van der Waals surface area contributed by atoms with Crippen molar-refractivity contribution in [2.24, 2.45) is 0 Å². The highest BCUT2D eigenvalue weighted by Crippen LogP contribution is 2.10. The second kappa shape index (κ2) is 5.43. The van der Waals surface area contributed by atoms with E-state index in [1.807, 2.05) is 0 Å². The van der Waals surface area contributed by atoms with Crippen molar-refractivity contribution in [3.63, 3.8) is 0 Å². The summed E-state index contributed by atoms with van der Waals surface area (Å²) in [5, 5.41) is 2.47. The van der Waals surface area contributed by atoms with Crippen LogP contribution >= 0.6 is 0 Å². The Morgan fingerprint density at radius 1 is 1.41 bits per heavy atom. The van der Waals surface area contributed by atoms with Crippen LogP contribution in [-0.4, -0.2) is 25.0 Å². The molecule has 0 aromatic heterocycles. The molecule has 5 heteroatoms. The summed E-state index contributed by atoms with van der Waals surface area (Å²) in [5.74, 6) is -1.36. The van der Waals surface area contributed by atoms with E-state index in [0.717, 1.165) is 0 Å². The van der Waals surface area contributed by atoms with Crippen molar-refractivity contribution in [2.45, 2.75) is 19.9 Å². The monoisotopic (exact) mass is 239 g/mol. The van der Waals surface area contributed by atoms with Crippen LogP contribution < -0.4 is 5.32 Å².